The quantitative estimate of drug-likeness (QED) is 0.819. The molecule has 1 aliphatic heterocycles. The molecule has 0 radical (unpaired) electrons. The molecule has 1 aromatic heterocycles. The number of cyclic esters (lactones) is 1. The van der Waals surface area contributed by atoms with Crippen LogP contribution in [0.25, 0.3) is 5.69 Å². The zero-order chi connectivity index (χ0) is 16.6. The van der Waals surface area contributed by atoms with Crippen molar-refractivity contribution in [3.63, 3.8) is 0 Å². The van der Waals surface area contributed by atoms with Gasteiger partial charge < -0.3 is 15.2 Å². The van der Waals surface area contributed by atoms with E-state index in [2.05, 4.69) is 20.4 Å². The minimum atomic E-state index is -1.37. The fourth-order valence-corrected chi connectivity index (χ4v) is 2.36. The molecule has 0 saturated carbocycles. The molecule has 1 aromatic carbocycles. The molecule has 120 valence electrons. The molecule has 0 amide bonds. The highest BCUT2D eigenvalue weighted by Crippen LogP contribution is 2.22. The molecule has 1 unspecified atom stereocenters. The largest absolute Gasteiger partial charge is 0.425 e. The van der Waals surface area contributed by atoms with Gasteiger partial charge in [0.25, 0.3) is 0 Å². The third kappa shape index (κ3) is 3.06. The monoisotopic (exact) mass is 334 g/mol. The second-order valence-electron chi connectivity index (χ2n) is 5.26. The van der Waals surface area contributed by atoms with Crippen molar-refractivity contribution in [2.75, 3.05) is 0 Å². The number of halogens is 1. The van der Waals surface area contributed by atoms with Crippen molar-refractivity contribution >= 4 is 17.6 Å². The number of hydrogen-bond donors (Lipinski definition) is 2. The summed E-state index contributed by atoms with van der Waals surface area (Å²) in [5.41, 5.74) is 4.05. The molecule has 2 N–H and O–H groups in total. The van der Waals surface area contributed by atoms with Gasteiger partial charge in [-0.15, -0.1) is 5.10 Å². The summed E-state index contributed by atoms with van der Waals surface area (Å²) in [4.78, 5) is 11.2. The Morgan fingerprint density at radius 3 is 2.83 bits per heavy atom. The van der Waals surface area contributed by atoms with E-state index in [1.165, 1.54) is 11.1 Å². The summed E-state index contributed by atoms with van der Waals surface area (Å²) in [6.45, 7) is 4.33. The molecule has 3 rings (SSSR count). The van der Waals surface area contributed by atoms with Gasteiger partial charge in [0.2, 0.25) is 6.29 Å². The van der Waals surface area contributed by atoms with E-state index < -0.39 is 12.3 Å². The van der Waals surface area contributed by atoms with Crippen LogP contribution in [0.1, 0.15) is 16.8 Å². The van der Waals surface area contributed by atoms with Crippen molar-refractivity contribution in [2.24, 2.45) is 0 Å². The Kier molecular flexibility index (Phi) is 4.06. The maximum absolute atomic E-state index is 11.2. The van der Waals surface area contributed by atoms with E-state index in [4.69, 9.17) is 11.6 Å². The lowest BCUT2D eigenvalue weighted by molar-refractivity contribution is -0.151. The van der Waals surface area contributed by atoms with E-state index in [0.29, 0.717) is 5.69 Å². The van der Waals surface area contributed by atoms with Gasteiger partial charge in [0.1, 0.15) is 11.4 Å². The number of nitrogens with zero attached hydrogens (tertiary/aromatic N) is 3. The number of hydrogen-bond acceptors (Lipinski definition) is 6. The number of rotatable bonds is 4. The number of esters is 1. The van der Waals surface area contributed by atoms with Gasteiger partial charge in [-0.25, -0.2) is 9.48 Å². The maximum atomic E-state index is 11.2. The van der Waals surface area contributed by atoms with Gasteiger partial charge in [0, 0.05) is 0 Å². The number of carbonyl (C=O) groups excluding carboxylic acids is 1. The molecule has 0 saturated heterocycles. The van der Waals surface area contributed by atoms with E-state index >= 15 is 0 Å². The molecular formula is C15H15ClN4O3. The van der Waals surface area contributed by atoms with Crippen LogP contribution in [0.2, 0.25) is 0 Å². The van der Waals surface area contributed by atoms with Gasteiger partial charge in [0.05, 0.1) is 18.4 Å². The summed E-state index contributed by atoms with van der Waals surface area (Å²) in [7, 11) is 0. The molecule has 2 heterocycles. The average Bonchev–Trinajstić information content (AvgIpc) is 3.07. The van der Waals surface area contributed by atoms with Gasteiger partial charge in [0.15, 0.2) is 5.03 Å². The molecule has 7 nitrogen and oxygen atoms in total. The Labute approximate surface area is 137 Å². The lowest BCUT2D eigenvalue weighted by Crippen LogP contribution is -2.22. The highest BCUT2D eigenvalue weighted by atomic mass is 35.5. The van der Waals surface area contributed by atoms with Crippen LogP contribution in [0.5, 0.6) is 0 Å². The first-order valence-electron chi connectivity index (χ1n) is 6.97. The molecule has 23 heavy (non-hydrogen) atoms. The Hall–Kier alpha value is -2.38. The van der Waals surface area contributed by atoms with Gasteiger partial charge in [-0.2, -0.15) is 0 Å². The first-order valence-corrected chi connectivity index (χ1v) is 7.35. The Morgan fingerprint density at radius 1 is 1.39 bits per heavy atom. The molecule has 0 bridgehead atoms. The first-order chi connectivity index (χ1) is 11.0. The normalized spacial score (nSPS) is 17.6. The number of benzene rings is 1. The van der Waals surface area contributed by atoms with Crippen LogP contribution in [0.3, 0.4) is 0 Å². The summed E-state index contributed by atoms with van der Waals surface area (Å²) in [5.74, 6) is -0.750. The van der Waals surface area contributed by atoms with Crippen LogP contribution >= 0.6 is 11.6 Å². The van der Waals surface area contributed by atoms with Gasteiger partial charge in [-0.3, -0.25) is 0 Å². The number of aryl methyl sites for hydroxylation is 2. The lowest BCUT2D eigenvalue weighted by Gasteiger charge is -2.08. The fraction of sp³-hybridized carbons (Fsp3) is 0.267. The number of aliphatic hydroxyl groups excluding tert-OH is 1. The fourth-order valence-electron chi connectivity index (χ4n) is 2.15. The molecule has 2 aromatic rings. The van der Waals surface area contributed by atoms with Crippen molar-refractivity contribution in [3.8, 4) is 5.69 Å². The predicted octanol–water partition coefficient (Wildman–Crippen LogP) is 1.30. The zero-order valence-corrected chi connectivity index (χ0v) is 13.3. The van der Waals surface area contributed by atoms with Gasteiger partial charge in [-0.1, -0.05) is 22.9 Å². The number of nitrogens with one attached hydrogen (secondary N) is 1. The first kappa shape index (κ1) is 15.5. The molecule has 0 fully saturated rings. The average molecular weight is 335 g/mol. The van der Waals surface area contributed by atoms with Crippen molar-refractivity contribution in [3.05, 3.63) is 51.9 Å². The number of carbonyl (C=O) groups is 1. The van der Waals surface area contributed by atoms with Crippen LogP contribution in [-0.4, -0.2) is 32.4 Å². The molecular weight excluding hydrogens is 320 g/mol. The summed E-state index contributed by atoms with van der Waals surface area (Å²) in [5, 5.41) is 20.4. The summed E-state index contributed by atoms with van der Waals surface area (Å²) >= 11 is 5.76. The molecule has 0 aliphatic carbocycles. The smallest absolute Gasteiger partial charge is 0.354 e. The Bertz CT molecular complexity index is 800. The topological polar surface area (TPSA) is 89.3 Å². The van der Waals surface area contributed by atoms with Crippen molar-refractivity contribution < 1.29 is 14.6 Å². The van der Waals surface area contributed by atoms with Gasteiger partial charge >= 0.3 is 5.97 Å². The van der Waals surface area contributed by atoms with E-state index in [1.807, 2.05) is 32.0 Å². The number of aliphatic hydroxyl groups is 1. The van der Waals surface area contributed by atoms with Crippen LogP contribution in [0.15, 0.2) is 35.1 Å². The highest BCUT2D eigenvalue weighted by molar-refractivity contribution is 6.42. The third-order valence-electron chi connectivity index (χ3n) is 3.64. The summed E-state index contributed by atoms with van der Waals surface area (Å²) < 4.78 is 6.24. The SMILES string of the molecule is Cc1ccc(-n2cc(CNC3=C(Cl)C(=O)OC3O)nn2)cc1C. The van der Waals surface area contributed by atoms with Crippen molar-refractivity contribution in [1.29, 1.82) is 0 Å². The maximum Gasteiger partial charge on any atom is 0.354 e. The molecule has 8 heteroatoms. The van der Waals surface area contributed by atoms with E-state index in [-0.39, 0.29) is 17.3 Å². The van der Waals surface area contributed by atoms with E-state index in [0.717, 1.165) is 5.69 Å². The van der Waals surface area contributed by atoms with Crippen molar-refractivity contribution in [1.82, 2.24) is 20.3 Å². The standard InChI is InChI=1S/C15H15ClN4O3/c1-8-3-4-11(5-9(8)2)20-7-10(18-19-20)6-17-13-12(16)14(21)23-15(13)22/h3-5,7,15,17,22H,6H2,1-2H3. The Morgan fingerprint density at radius 2 is 2.17 bits per heavy atom. The molecule has 0 spiro atoms. The van der Waals surface area contributed by atoms with Crippen LogP contribution in [0.4, 0.5) is 0 Å². The van der Waals surface area contributed by atoms with Crippen LogP contribution in [-0.2, 0) is 16.1 Å². The Balaban J connectivity index is 1.73. The summed E-state index contributed by atoms with van der Waals surface area (Å²) in [6, 6.07) is 6.00. The van der Waals surface area contributed by atoms with E-state index in [9.17, 15) is 9.90 Å². The minimum Gasteiger partial charge on any atom is -0.425 e. The lowest BCUT2D eigenvalue weighted by atomic mass is 10.1. The molecule has 1 atom stereocenters. The van der Waals surface area contributed by atoms with Crippen LogP contribution < -0.4 is 5.32 Å². The minimum absolute atomic E-state index is 0.136. The molecule has 1 aliphatic rings. The van der Waals surface area contributed by atoms with Crippen molar-refractivity contribution in [2.45, 2.75) is 26.7 Å². The second-order valence-corrected chi connectivity index (χ2v) is 5.64. The number of ether oxygens (including phenoxy) is 1. The third-order valence-corrected chi connectivity index (χ3v) is 4.00. The van der Waals surface area contributed by atoms with Crippen LogP contribution in [0, 0.1) is 13.8 Å². The second kappa shape index (κ2) is 6.02. The predicted molar refractivity (Wildman–Crippen MR) is 82.7 cm³/mol. The van der Waals surface area contributed by atoms with E-state index in [1.54, 1.807) is 10.9 Å². The van der Waals surface area contributed by atoms with Gasteiger partial charge in [-0.05, 0) is 37.1 Å². The zero-order valence-electron chi connectivity index (χ0n) is 12.6. The summed E-state index contributed by atoms with van der Waals surface area (Å²) in [6.07, 6.45) is 0.389. The number of aromatic nitrogens is 3. The highest BCUT2D eigenvalue weighted by Gasteiger charge is 2.31.